The van der Waals surface area contributed by atoms with Gasteiger partial charge in [-0.1, -0.05) is 11.8 Å². The minimum Gasteiger partial charge on any atom is -0.305 e. The number of allylic oxidation sites excluding steroid dienone is 1. The van der Waals surface area contributed by atoms with Crippen molar-refractivity contribution in [1.82, 2.24) is 20.6 Å². The van der Waals surface area contributed by atoms with Crippen LogP contribution < -0.4 is 5.43 Å². The average molecular weight is 192 g/mol. The number of aromatic amines is 1. The Morgan fingerprint density at radius 3 is 3.38 bits per heavy atom. The van der Waals surface area contributed by atoms with Crippen molar-refractivity contribution < 1.29 is 0 Å². The first kappa shape index (κ1) is 7.08. The molecule has 0 bridgehead atoms. The average Bonchev–Trinajstić information content (AvgIpc) is 2.70. The molecule has 4 nitrogen and oxygen atoms in total. The number of hydrogen-bond donors (Lipinski definition) is 2. The first-order chi connectivity index (χ1) is 6.36. The molecule has 2 aliphatic heterocycles. The lowest BCUT2D eigenvalue weighted by Crippen LogP contribution is -2.23. The maximum atomic E-state index is 4.02. The Balaban J connectivity index is 2.17. The number of nitrogens with one attached hydrogen (secondary N) is 2. The highest BCUT2D eigenvalue weighted by Gasteiger charge is 2.25. The zero-order valence-electron chi connectivity index (χ0n) is 7.03. The van der Waals surface area contributed by atoms with Gasteiger partial charge in [-0.3, -0.25) is 10.1 Å². The summed E-state index contributed by atoms with van der Waals surface area (Å²) < 4.78 is 0. The molecule has 66 valence electrons. The number of aromatic nitrogens is 2. The van der Waals surface area contributed by atoms with Crippen molar-refractivity contribution in [3.8, 4) is 0 Å². The third-order valence-electron chi connectivity index (χ3n) is 2.21. The molecular weight excluding hydrogens is 184 g/mol. The van der Waals surface area contributed by atoms with Crippen LogP contribution in [0.25, 0.3) is 5.57 Å². The van der Waals surface area contributed by atoms with E-state index in [4.69, 9.17) is 0 Å². The van der Waals surface area contributed by atoms with E-state index in [0.29, 0.717) is 0 Å². The second kappa shape index (κ2) is 2.32. The predicted molar refractivity (Wildman–Crippen MR) is 51.4 cm³/mol. The minimum atomic E-state index is 1.11. The lowest BCUT2D eigenvalue weighted by molar-refractivity contribution is 0.386. The van der Waals surface area contributed by atoms with E-state index in [2.05, 4.69) is 21.0 Å². The van der Waals surface area contributed by atoms with Gasteiger partial charge >= 0.3 is 0 Å². The molecular formula is C8H8N4S. The molecule has 2 aliphatic rings. The van der Waals surface area contributed by atoms with Gasteiger partial charge in [-0.15, -0.1) is 0 Å². The highest BCUT2D eigenvalue weighted by Crippen LogP contribution is 2.40. The number of rotatable bonds is 0. The third-order valence-corrected chi connectivity index (χ3v) is 3.12. The van der Waals surface area contributed by atoms with E-state index in [0.717, 1.165) is 5.69 Å². The number of thioether (sulfide) groups is 1. The van der Waals surface area contributed by atoms with Crippen molar-refractivity contribution in [2.75, 3.05) is 7.05 Å². The van der Waals surface area contributed by atoms with Crippen molar-refractivity contribution in [2.24, 2.45) is 0 Å². The van der Waals surface area contributed by atoms with Crippen molar-refractivity contribution in [1.29, 1.82) is 0 Å². The molecule has 2 N–H and O–H groups in total. The molecule has 0 radical (unpaired) electrons. The summed E-state index contributed by atoms with van der Waals surface area (Å²) in [5, 5.41) is 11.1. The Morgan fingerprint density at radius 2 is 2.46 bits per heavy atom. The summed E-state index contributed by atoms with van der Waals surface area (Å²) in [5.41, 5.74) is 6.63. The van der Waals surface area contributed by atoms with Gasteiger partial charge in [0.25, 0.3) is 0 Å². The van der Waals surface area contributed by atoms with Crippen LogP contribution in [0.3, 0.4) is 0 Å². The molecule has 5 heteroatoms. The normalized spacial score (nSPS) is 18.7. The topological polar surface area (TPSA) is 44.0 Å². The quantitative estimate of drug-likeness (QED) is 0.647. The van der Waals surface area contributed by atoms with Crippen molar-refractivity contribution in [2.45, 2.75) is 4.90 Å². The van der Waals surface area contributed by atoms with Crippen molar-refractivity contribution in [3.63, 3.8) is 0 Å². The maximum absolute atomic E-state index is 4.02. The summed E-state index contributed by atoms with van der Waals surface area (Å²) in [4.78, 5) is 1.19. The molecule has 0 amide bonds. The maximum Gasteiger partial charge on any atom is 0.0826 e. The number of H-pyrrole nitrogens is 1. The smallest absolute Gasteiger partial charge is 0.0826 e. The number of hydrogen-bond acceptors (Lipinski definition) is 4. The number of nitrogens with zero attached hydrogens (tertiary/aromatic N) is 2. The van der Waals surface area contributed by atoms with E-state index in [1.807, 2.05) is 24.5 Å². The summed E-state index contributed by atoms with van der Waals surface area (Å²) in [6, 6.07) is 0. The van der Waals surface area contributed by atoms with Gasteiger partial charge in [0.2, 0.25) is 0 Å². The molecule has 0 fully saturated rings. The number of hydrazine groups is 1. The molecule has 0 aliphatic carbocycles. The van der Waals surface area contributed by atoms with Gasteiger partial charge in [0.15, 0.2) is 0 Å². The SMILES string of the molecule is CN1NC=C2C1=CSc1cn[nH]c12. The number of likely N-dealkylation sites (N-methyl/N-ethyl adjacent to an activating group) is 1. The van der Waals surface area contributed by atoms with Crippen LogP contribution in [-0.4, -0.2) is 22.3 Å². The second-order valence-electron chi connectivity index (χ2n) is 2.98. The van der Waals surface area contributed by atoms with Gasteiger partial charge < -0.3 is 5.43 Å². The van der Waals surface area contributed by atoms with Gasteiger partial charge in [-0.2, -0.15) is 5.10 Å². The monoisotopic (exact) mass is 192 g/mol. The molecule has 0 saturated carbocycles. The fraction of sp³-hybridized carbons (Fsp3) is 0.125. The van der Waals surface area contributed by atoms with Gasteiger partial charge in [-0.05, 0) is 0 Å². The Bertz CT molecular complexity index is 418. The first-order valence-corrected chi connectivity index (χ1v) is 4.85. The fourth-order valence-electron chi connectivity index (χ4n) is 1.51. The van der Waals surface area contributed by atoms with Crippen LogP contribution >= 0.6 is 11.8 Å². The van der Waals surface area contributed by atoms with E-state index in [9.17, 15) is 0 Å². The highest BCUT2D eigenvalue weighted by molar-refractivity contribution is 8.02. The summed E-state index contributed by atoms with van der Waals surface area (Å²) in [5.74, 6) is 0. The molecule has 0 aromatic carbocycles. The van der Waals surface area contributed by atoms with Crippen LogP contribution in [0.15, 0.2) is 28.4 Å². The standard InChI is InChI=1S/C8H8N4S/c1-12-6-4-13-7-3-9-11-8(7)5(6)2-10-12/h2-4,10H,1H3,(H,9,11). The molecule has 0 unspecified atom stereocenters. The van der Waals surface area contributed by atoms with E-state index in [1.165, 1.54) is 16.2 Å². The highest BCUT2D eigenvalue weighted by atomic mass is 32.2. The Labute approximate surface area is 79.7 Å². The van der Waals surface area contributed by atoms with Crippen molar-refractivity contribution in [3.05, 3.63) is 29.2 Å². The van der Waals surface area contributed by atoms with E-state index in [-0.39, 0.29) is 0 Å². The lowest BCUT2D eigenvalue weighted by Gasteiger charge is -2.17. The van der Waals surface area contributed by atoms with Gasteiger partial charge in [0.05, 0.1) is 22.5 Å². The Morgan fingerprint density at radius 1 is 1.54 bits per heavy atom. The van der Waals surface area contributed by atoms with E-state index in [1.54, 1.807) is 11.8 Å². The fourth-order valence-corrected chi connectivity index (χ4v) is 2.42. The van der Waals surface area contributed by atoms with E-state index >= 15 is 0 Å². The van der Waals surface area contributed by atoms with Crippen LogP contribution in [0.1, 0.15) is 5.69 Å². The molecule has 0 atom stereocenters. The second-order valence-corrected chi connectivity index (χ2v) is 3.89. The van der Waals surface area contributed by atoms with Gasteiger partial charge in [0, 0.05) is 24.2 Å². The molecule has 1 aromatic heterocycles. The zero-order valence-corrected chi connectivity index (χ0v) is 7.85. The largest absolute Gasteiger partial charge is 0.305 e. The summed E-state index contributed by atoms with van der Waals surface area (Å²) in [6.45, 7) is 0. The molecule has 3 rings (SSSR count). The van der Waals surface area contributed by atoms with Crippen LogP contribution in [0.4, 0.5) is 0 Å². The zero-order chi connectivity index (χ0) is 8.84. The predicted octanol–water partition coefficient (Wildman–Crippen LogP) is 1.15. The molecule has 0 saturated heterocycles. The van der Waals surface area contributed by atoms with E-state index < -0.39 is 0 Å². The third kappa shape index (κ3) is 0.846. The van der Waals surface area contributed by atoms with Gasteiger partial charge in [0.1, 0.15) is 0 Å². The van der Waals surface area contributed by atoms with Crippen LogP contribution in [0.5, 0.6) is 0 Å². The first-order valence-electron chi connectivity index (χ1n) is 3.97. The Kier molecular flexibility index (Phi) is 1.26. The minimum absolute atomic E-state index is 1.11. The lowest BCUT2D eigenvalue weighted by atomic mass is 10.1. The Hall–Kier alpha value is -1.36. The van der Waals surface area contributed by atoms with Crippen molar-refractivity contribution >= 4 is 17.3 Å². The molecule has 1 aromatic rings. The van der Waals surface area contributed by atoms with Gasteiger partial charge in [-0.25, -0.2) is 0 Å². The van der Waals surface area contributed by atoms with Crippen LogP contribution in [-0.2, 0) is 0 Å². The van der Waals surface area contributed by atoms with Crippen LogP contribution in [0.2, 0.25) is 0 Å². The molecule has 13 heavy (non-hydrogen) atoms. The molecule has 0 spiro atoms. The number of fused-ring (bicyclic) bond motifs is 3. The summed E-state index contributed by atoms with van der Waals surface area (Å²) in [6.07, 6.45) is 3.84. The summed E-state index contributed by atoms with van der Waals surface area (Å²) in [7, 11) is 2.00. The van der Waals surface area contributed by atoms with Crippen LogP contribution in [0, 0.1) is 0 Å². The summed E-state index contributed by atoms with van der Waals surface area (Å²) >= 11 is 1.70. The molecule has 3 heterocycles.